The SMILES string of the molecule is CC(C)[C@H]1COc2ncc(Cc3ccc(F)cc3)cc2N1C(=O)CN1C[C@@H](C)NC[C@@H]1CN1[C@H](C)COC[C@H]1C. The van der Waals surface area contributed by atoms with Gasteiger partial charge in [-0.1, -0.05) is 26.0 Å². The Morgan fingerprint density at radius 1 is 1.10 bits per heavy atom. The molecule has 1 amide bonds. The standard InChI is InChI=1S/C31H44FN5O3/c1-20(2)29-19-40-31-28(11-25(12-34-31)10-24-6-8-26(32)9-7-24)37(29)30(38)16-35-14-21(3)33-13-27(35)15-36-22(4)17-39-18-23(36)5/h6-9,11-12,20-23,27,29,33H,10,13-19H2,1-5H3/t21-,22-,23-,27-,29-/m1/s1. The molecule has 3 aliphatic heterocycles. The average molecular weight is 554 g/mol. The summed E-state index contributed by atoms with van der Waals surface area (Å²) in [7, 11) is 0. The number of anilines is 1. The number of halogens is 1. The van der Waals surface area contributed by atoms with Crippen molar-refractivity contribution in [3.8, 4) is 5.88 Å². The van der Waals surface area contributed by atoms with E-state index in [1.54, 1.807) is 18.3 Å². The van der Waals surface area contributed by atoms with Gasteiger partial charge in [-0.05, 0) is 62.4 Å². The number of nitrogens with one attached hydrogen (secondary N) is 1. The van der Waals surface area contributed by atoms with Gasteiger partial charge < -0.3 is 14.8 Å². The lowest BCUT2D eigenvalue weighted by Gasteiger charge is -2.46. The number of pyridine rings is 1. The van der Waals surface area contributed by atoms with Crippen molar-refractivity contribution in [2.24, 2.45) is 5.92 Å². The molecule has 2 fully saturated rings. The molecule has 9 heteroatoms. The maximum Gasteiger partial charge on any atom is 0.241 e. The second-order valence-electron chi connectivity index (χ2n) is 12.2. The van der Waals surface area contributed by atoms with Crippen LogP contribution in [0, 0.1) is 11.7 Å². The van der Waals surface area contributed by atoms with Gasteiger partial charge in [-0.25, -0.2) is 9.37 Å². The highest BCUT2D eigenvalue weighted by Gasteiger charge is 2.38. The second kappa shape index (κ2) is 12.5. The summed E-state index contributed by atoms with van der Waals surface area (Å²) in [5.74, 6) is 0.529. The molecule has 218 valence electrons. The minimum Gasteiger partial charge on any atom is -0.474 e. The van der Waals surface area contributed by atoms with Crippen molar-refractivity contribution >= 4 is 11.6 Å². The van der Waals surface area contributed by atoms with Gasteiger partial charge in [0.2, 0.25) is 11.8 Å². The fourth-order valence-corrected chi connectivity index (χ4v) is 6.22. The van der Waals surface area contributed by atoms with Gasteiger partial charge >= 0.3 is 0 Å². The van der Waals surface area contributed by atoms with E-state index in [9.17, 15) is 9.18 Å². The average Bonchev–Trinajstić information content (AvgIpc) is 2.92. The third-order valence-corrected chi connectivity index (χ3v) is 8.57. The molecule has 5 rings (SSSR count). The first-order valence-electron chi connectivity index (χ1n) is 14.7. The molecule has 40 heavy (non-hydrogen) atoms. The smallest absolute Gasteiger partial charge is 0.241 e. The van der Waals surface area contributed by atoms with Crippen LogP contribution in [-0.4, -0.2) is 96.9 Å². The number of fused-ring (bicyclic) bond motifs is 1. The van der Waals surface area contributed by atoms with Crippen molar-refractivity contribution in [1.29, 1.82) is 0 Å². The van der Waals surface area contributed by atoms with Crippen molar-refractivity contribution in [3.05, 3.63) is 53.5 Å². The van der Waals surface area contributed by atoms with E-state index in [0.29, 0.717) is 43.6 Å². The molecule has 2 saturated heterocycles. The van der Waals surface area contributed by atoms with E-state index in [1.165, 1.54) is 12.1 Å². The van der Waals surface area contributed by atoms with Crippen LogP contribution in [0.15, 0.2) is 36.5 Å². The monoisotopic (exact) mass is 553 g/mol. The normalized spacial score (nSPS) is 27.9. The van der Waals surface area contributed by atoms with Crippen LogP contribution in [0.25, 0.3) is 0 Å². The van der Waals surface area contributed by atoms with Gasteiger partial charge in [0.25, 0.3) is 0 Å². The number of amides is 1. The number of carbonyl (C=O) groups excluding carboxylic acids is 1. The number of morpholine rings is 1. The van der Waals surface area contributed by atoms with Crippen LogP contribution in [0.2, 0.25) is 0 Å². The predicted molar refractivity (Wildman–Crippen MR) is 154 cm³/mol. The van der Waals surface area contributed by atoms with Gasteiger partial charge in [0.15, 0.2) is 0 Å². The zero-order chi connectivity index (χ0) is 28.4. The van der Waals surface area contributed by atoms with E-state index in [-0.39, 0.29) is 29.7 Å². The van der Waals surface area contributed by atoms with Gasteiger partial charge in [-0.3, -0.25) is 19.5 Å². The molecule has 3 aliphatic rings. The molecular weight excluding hydrogens is 509 g/mol. The van der Waals surface area contributed by atoms with E-state index in [2.05, 4.69) is 54.7 Å². The summed E-state index contributed by atoms with van der Waals surface area (Å²) in [4.78, 5) is 25.6. The predicted octanol–water partition coefficient (Wildman–Crippen LogP) is 3.33. The van der Waals surface area contributed by atoms with Crippen LogP contribution < -0.4 is 15.0 Å². The Bertz CT molecular complexity index is 1150. The Morgan fingerprint density at radius 3 is 2.52 bits per heavy atom. The molecule has 5 atom stereocenters. The molecule has 8 nitrogen and oxygen atoms in total. The van der Waals surface area contributed by atoms with E-state index < -0.39 is 0 Å². The van der Waals surface area contributed by atoms with Crippen molar-refractivity contribution in [1.82, 2.24) is 20.1 Å². The van der Waals surface area contributed by atoms with Crippen LogP contribution >= 0.6 is 0 Å². The molecule has 0 radical (unpaired) electrons. The van der Waals surface area contributed by atoms with Gasteiger partial charge in [-0.15, -0.1) is 0 Å². The first kappa shape index (κ1) is 28.9. The Kier molecular flexibility index (Phi) is 9.05. The van der Waals surface area contributed by atoms with Gasteiger partial charge in [0.1, 0.15) is 18.1 Å². The summed E-state index contributed by atoms with van der Waals surface area (Å²) in [6.45, 7) is 15.7. The zero-order valence-electron chi connectivity index (χ0n) is 24.5. The number of carbonyl (C=O) groups is 1. The maximum absolute atomic E-state index is 14.2. The van der Waals surface area contributed by atoms with Crippen molar-refractivity contribution < 1.29 is 18.7 Å². The lowest BCUT2D eigenvalue weighted by molar-refractivity contribution is -0.122. The summed E-state index contributed by atoms with van der Waals surface area (Å²) in [5.41, 5.74) is 2.67. The summed E-state index contributed by atoms with van der Waals surface area (Å²) < 4.78 is 25.2. The van der Waals surface area contributed by atoms with E-state index in [0.717, 1.165) is 49.7 Å². The number of rotatable bonds is 7. The Morgan fingerprint density at radius 2 is 1.82 bits per heavy atom. The first-order valence-corrected chi connectivity index (χ1v) is 14.7. The maximum atomic E-state index is 14.2. The lowest BCUT2D eigenvalue weighted by Crippen LogP contribution is -2.64. The highest BCUT2D eigenvalue weighted by Crippen LogP contribution is 2.35. The number of aromatic nitrogens is 1. The highest BCUT2D eigenvalue weighted by atomic mass is 19.1. The molecule has 1 aromatic carbocycles. The Hall–Kier alpha value is -2.59. The Labute approximate surface area is 237 Å². The van der Waals surface area contributed by atoms with Gasteiger partial charge in [0, 0.05) is 50.0 Å². The fourth-order valence-electron chi connectivity index (χ4n) is 6.22. The first-order chi connectivity index (χ1) is 19.2. The van der Waals surface area contributed by atoms with Gasteiger partial charge in [0.05, 0.1) is 25.8 Å². The number of hydrogen-bond acceptors (Lipinski definition) is 7. The summed E-state index contributed by atoms with van der Waals surface area (Å²) in [5, 5.41) is 3.63. The Balaban J connectivity index is 1.38. The van der Waals surface area contributed by atoms with Crippen LogP contribution in [-0.2, 0) is 16.0 Å². The summed E-state index contributed by atoms with van der Waals surface area (Å²) in [6, 6.07) is 9.68. The van der Waals surface area contributed by atoms with Crippen LogP contribution in [0.3, 0.4) is 0 Å². The largest absolute Gasteiger partial charge is 0.474 e. The van der Waals surface area contributed by atoms with Crippen molar-refractivity contribution in [2.75, 3.05) is 50.9 Å². The molecule has 2 aromatic rings. The summed E-state index contributed by atoms with van der Waals surface area (Å²) in [6.07, 6.45) is 2.39. The van der Waals surface area contributed by atoms with E-state index in [4.69, 9.17) is 9.47 Å². The van der Waals surface area contributed by atoms with Gasteiger partial charge in [-0.2, -0.15) is 0 Å². The number of ether oxygens (including phenoxy) is 2. The third kappa shape index (κ3) is 6.48. The van der Waals surface area contributed by atoms with Crippen LogP contribution in [0.4, 0.5) is 10.1 Å². The van der Waals surface area contributed by atoms with Crippen molar-refractivity contribution in [3.63, 3.8) is 0 Å². The minimum absolute atomic E-state index is 0.0751. The van der Waals surface area contributed by atoms with Crippen LogP contribution in [0.1, 0.15) is 45.7 Å². The van der Waals surface area contributed by atoms with Crippen molar-refractivity contribution in [2.45, 2.75) is 71.2 Å². The minimum atomic E-state index is -0.254. The molecule has 0 aliphatic carbocycles. The quantitative estimate of drug-likeness (QED) is 0.564. The van der Waals surface area contributed by atoms with E-state index >= 15 is 0 Å². The molecule has 0 saturated carbocycles. The fraction of sp³-hybridized carbons (Fsp3) is 0.613. The summed E-state index contributed by atoms with van der Waals surface area (Å²) >= 11 is 0. The number of hydrogen-bond donors (Lipinski definition) is 1. The van der Waals surface area contributed by atoms with Crippen LogP contribution in [0.5, 0.6) is 5.88 Å². The molecular formula is C31H44FN5O3. The highest BCUT2D eigenvalue weighted by molar-refractivity contribution is 5.97. The molecule has 1 N–H and O–H groups in total. The number of benzene rings is 1. The zero-order valence-corrected chi connectivity index (χ0v) is 24.5. The molecule has 0 unspecified atom stereocenters. The molecule has 0 spiro atoms. The molecule has 1 aromatic heterocycles. The number of nitrogens with zero attached hydrogens (tertiary/aromatic N) is 4. The third-order valence-electron chi connectivity index (χ3n) is 8.57. The van der Waals surface area contributed by atoms with E-state index in [1.807, 2.05) is 11.0 Å². The molecule has 0 bridgehead atoms. The topological polar surface area (TPSA) is 70.2 Å². The number of piperazine rings is 1. The lowest BCUT2D eigenvalue weighted by atomic mass is 9.99. The molecule has 4 heterocycles. The second-order valence-corrected chi connectivity index (χ2v) is 12.2.